The molecular formula is C35H49F4FeN6O11. The van der Waals surface area contributed by atoms with Gasteiger partial charge in [-0.3, -0.25) is 33.6 Å². The molecule has 0 spiro atoms. The van der Waals surface area contributed by atoms with E-state index in [9.17, 15) is 66.7 Å². The predicted molar refractivity (Wildman–Crippen MR) is 191 cm³/mol. The Balaban J connectivity index is 0.0000314. The Hall–Kier alpha value is -4.37. The van der Waals surface area contributed by atoms with E-state index >= 15 is 0 Å². The molecule has 1 rings (SSSR count). The summed E-state index contributed by atoms with van der Waals surface area (Å²) in [6.45, 7) is 1.79. The van der Waals surface area contributed by atoms with Crippen molar-refractivity contribution in [3.8, 4) is 5.75 Å². The van der Waals surface area contributed by atoms with Gasteiger partial charge in [0.25, 0.3) is 0 Å². The average Bonchev–Trinajstić information content (AvgIpc) is 3.16. The van der Waals surface area contributed by atoms with Gasteiger partial charge < -0.3 is 51.5 Å². The summed E-state index contributed by atoms with van der Waals surface area (Å²) in [4.78, 5) is 82.5. The molecule has 1 aromatic carbocycles. The van der Waals surface area contributed by atoms with Crippen LogP contribution in [-0.4, -0.2) is 95.9 Å². The van der Waals surface area contributed by atoms with E-state index in [0.717, 1.165) is 0 Å². The number of carbonyl (C=O) groups excluding carboxylic acids is 7. The molecule has 1 aromatic rings. The Labute approximate surface area is 338 Å². The number of nitrogens with one attached hydrogen (secondary N) is 3. The van der Waals surface area contributed by atoms with E-state index in [1.807, 2.05) is 0 Å². The minimum atomic E-state index is -1.89. The number of hydrogen-bond donors (Lipinski definition) is 3. The maximum Gasteiger partial charge on any atom is 3.00 e. The van der Waals surface area contributed by atoms with E-state index < -0.39 is 77.4 Å². The summed E-state index contributed by atoms with van der Waals surface area (Å²) in [6, 6.07) is -0.0479. The summed E-state index contributed by atoms with van der Waals surface area (Å²) in [6.07, 6.45) is 2.25. The Morgan fingerprint density at radius 1 is 0.544 bits per heavy atom. The minimum Gasteiger partial charge on any atom is -0.756 e. The maximum atomic E-state index is 13.6. The molecule has 0 aliphatic rings. The summed E-state index contributed by atoms with van der Waals surface area (Å²) < 4.78 is 57.9. The van der Waals surface area contributed by atoms with Crippen molar-refractivity contribution >= 4 is 41.4 Å². The molecule has 0 saturated carbocycles. The molecule has 3 N–H and O–H groups in total. The summed E-state index contributed by atoms with van der Waals surface area (Å²) >= 11 is 0. The first-order valence-corrected chi connectivity index (χ1v) is 18.3. The monoisotopic (exact) mass is 861 g/mol. The summed E-state index contributed by atoms with van der Waals surface area (Å²) in [5.74, 6) is -13.7. The SMILES string of the molecule is CC(=O)N([O-])CCCCCNC(=O)CCC(=O)N([O-])CCCCCNC(=O)CCC(=O)N([O-])CCCCCNC(=O)CCC(=O)Oc1c(F)c(F)cc(F)c1F.[Fe+3]. The molecule has 0 aliphatic carbocycles. The van der Waals surface area contributed by atoms with Gasteiger partial charge in [0.05, 0.1) is 6.42 Å². The van der Waals surface area contributed by atoms with Crippen LogP contribution in [0.15, 0.2) is 6.07 Å². The zero-order valence-corrected chi connectivity index (χ0v) is 32.7. The number of halogens is 4. The van der Waals surface area contributed by atoms with Crippen LogP contribution in [0.3, 0.4) is 0 Å². The van der Waals surface area contributed by atoms with Crippen molar-refractivity contribution in [1.82, 2.24) is 31.1 Å². The van der Waals surface area contributed by atoms with Crippen LogP contribution in [0, 0.1) is 38.9 Å². The standard InChI is InChI=1S/C35H49F4N6O11.Fe/c1-24(46)43(53)20-8-2-5-17-40-27(47)11-14-30(50)44(54)21-9-3-6-18-41-28(48)12-15-31(51)45(55)22-10-4-7-19-42-29(49)13-16-32(52)56-35-33(38)25(36)23-26(37)34(35)39;/h23H,2-22H2,1H3,(H,40,47)(H,41,48)(H,42,49);/q-3;+3. The molecule has 17 nitrogen and oxygen atoms in total. The molecule has 0 aliphatic heterocycles. The number of benzene rings is 1. The third-order valence-electron chi connectivity index (χ3n) is 7.96. The van der Waals surface area contributed by atoms with Gasteiger partial charge in [0.2, 0.25) is 52.8 Å². The number of ether oxygens (including phenoxy) is 1. The molecule has 0 saturated heterocycles. The maximum absolute atomic E-state index is 13.6. The van der Waals surface area contributed by atoms with Crippen LogP contribution in [0.25, 0.3) is 0 Å². The number of carbonyl (C=O) groups is 7. The van der Waals surface area contributed by atoms with Crippen LogP contribution in [0.1, 0.15) is 103 Å². The second-order valence-electron chi connectivity index (χ2n) is 12.6. The van der Waals surface area contributed by atoms with Gasteiger partial charge in [-0.2, -0.15) is 8.78 Å². The third-order valence-corrected chi connectivity index (χ3v) is 7.96. The van der Waals surface area contributed by atoms with Crippen LogP contribution < -0.4 is 20.7 Å². The van der Waals surface area contributed by atoms with Gasteiger partial charge >= 0.3 is 23.0 Å². The van der Waals surface area contributed by atoms with Crippen LogP contribution in [-0.2, 0) is 50.6 Å². The molecule has 0 heterocycles. The molecule has 0 atom stereocenters. The van der Waals surface area contributed by atoms with E-state index in [1.54, 1.807) is 0 Å². The zero-order chi connectivity index (χ0) is 42.0. The number of hydrogen-bond acceptors (Lipinski definition) is 11. The van der Waals surface area contributed by atoms with Crippen molar-refractivity contribution in [2.75, 3.05) is 39.3 Å². The van der Waals surface area contributed by atoms with Crippen molar-refractivity contribution in [3.63, 3.8) is 0 Å². The molecule has 0 aromatic heterocycles. The molecule has 0 fully saturated rings. The Kier molecular flexibility index (Phi) is 27.5. The molecule has 6 amide bonds. The smallest absolute Gasteiger partial charge is 0.756 e. The Bertz CT molecular complexity index is 1450. The average molecular weight is 862 g/mol. The van der Waals surface area contributed by atoms with Crippen molar-refractivity contribution in [1.29, 1.82) is 0 Å². The fraction of sp³-hybridized carbons (Fsp3) is 0.629. The third kappa shape index (κ3) is 23.5. The molecule has 57 heavy (non-hydrogen) atoms. The molecule has 22 heteroatoms. The topological polar surface area (TPSA) is 244 Å². The van der Waals surface area contributed by atoms with Gasteiger partial charge in [0, 0.05) is 84.4 Å². The Morgan fingerprint density at radius 3 is 1.26 bits per heavy atom. The molecule has 0 bridgehead atoms. The van der Waals surface area contributed by atoms with Crippen molar-refractivity contribution in [3.05, 3.63) is 45.0 Å². The normalized spacial score (nSPS) is 10.5. The molecule has 321 valence electrons. The fourth-order valence-electron chi connectivity index (χ4n) is 4.74. The second-order valence-corrected chi connectivity index (χ2v) is 12.6. The summed E-state index contributed by atoms with van der Waals surface area (Å²) in [7, 11) is 0. The Morgan fingerprint density at radius 2 is 0.895 bits per heavy atom. The number of unbranched alkanes of at least 4 members (excludes halogenated alkanes) is 6. The van der Waals surface area contributed by atoms with Crippen molar-refractivity contribution in [2.45, 2.75) is 103 Å². The fourth-order valence-corrected chi connectivity index (χ4v) is 4.74. The van der Waals surface area contributed by atoms with Gasteiger partial charge in [0.1, 0.15) is 0 Å². The van der Waals surface area contributed by atoms with E-state index in [4.69, 9.17) is 0 Å². The van der Waals surface area contributed by atoms with Gasteiger partial charge in [-0.15, -0.1) is 0 Å². The van der Waals surface area contributed by atoms with Gasteiger partial charge in [-0.25, -0.2) is 8.78 Å². The van der Waals surface area contributed by atoms with Crippen molar-refractivity contribution < 1.29 is 72.9 Å². The number of hydroxylamine groups is 6. The molecular weight excluding hydrogens is 812 g/mol. The van der Waals surface area contributed by atoms with Crippen LogP contribution in [0.4, 0.5) is 17.6 Å². The van der Waals surface area contributed by atoms with Gasteiger partial charge in [-0.1, -0.05) is 0 Å². The van der Waals surface area contributed by atoms with Gasteiger partial charge in [0.15, 0.2) is 11.6 Å². The number of rotatable bonds is 28. The van der Waals surface area contributed by atoms with Crippen LogP contribution in [0.5, 0.6) is 5.75 Å². The number of nitrogens with zero attached hydrogens (tertiary/aromatic N) is 3. The second kappa shape index (κ2) is 29.8. The van der Waals surface area contributed by atoms with Crippen LogP contribution in [0.2, 0.25) is 0 Å². The largest absolute Gasteiger partial charge is 3.00 e. The van der Waals surface area contributed by atoms with Gasteiger partial charge in [-0.05, 0) is 57.8 Å². The van der Waals surface area contributed by atoms with E-state index in [-0.39, 0.29) is 92.5 Å². The van der Waals surface area contributed by atoms with E-state index in [1.165, 1.54) is 6.92 Å². The summed E-state index contributed by atoms with van der Waals surface area (Å²) in [5, 5.41) is 43.8. The number of amides is 6. The van der Waals surface area contributed by atoms with E-state index in [2.05, 4.69) is 20.7 Å². The molecule has 0 unspecified atom stereocenters. The van der Waals surface area contributed by atoms with E-state index in [0.29, 0.717) is 74.5 Å². The van der Waals surface area contributed by atoms with Crippen molar-refractivity contribution in [2.24, 2.45) is 0 Å². The first kappa shape index (κ1) is 52.6. The van der Waals surface area contributed by atoms with Crippen LogP contribution >= 0.6 is 0 Å². The predicted octanol–water partition coefficient (Wildman–Crippen LogP) is 3.35. The zero-order valence-electron chi connectivity index (χ0n) is 31.6. The number of esters is 1. The first-order chi connectivity index (χ1) is 26.5. The molecule has 1 radical (unpaired) electrons. The first-order valence-electron chi connectivity index (χ1n) is 18.3. The minimum absolute atomic E-state index is 0. The summed E-state index contributed by atoms with van der Waals surface area (Å²) in [5.41, 5.74) is 0. The quantitative estimate of drug-likeness (QED) is 0.0210.